The van der Waals surface area contributed by atoms with Gasteiger partial charge in [0.25, 0.3) is 0 Å². The molecule has 4 aromatic rings. The van der Waals surface area contributed by atoms with E-state index < -0.39 is 6.23 Å². The van der Waals surface area contributed by atoms with Gasteiger partial charge in [-0.25, -0.2) is 4.98 Å². The van der Waals surface area contributed by atoms with Crippen molar-refractivity contribution < 1.29 is 28.8 Å². The lowest BCUT2D eigenvalue weighted by molar-refractivity contribution is 0.0108. The molecule has 3 aromatic heterocycles. The Morgan fingerprint density at radius 2 is 1.98 bits per heavy atom. The fourth-order valence-electron chi connectivity index (χ4n) is 4.67. The zero-order valence-electron chi connectivity index (χ0n) is 22.1. The number of methoxy groups -OCH3 is 1. The van der Waals surface area contributed by atoms with Gasteiger partial charge in [-0.05, 0) is 30.8 Å². The summed E-state index contributed by atoms with van der Waals surface area (Å²) < 4.78 is 23.3. The summed E-state index contributed by atoms with van der Waals surface area (Å²) in [5, 5.41) is 30.0. The number of hydrogen-bond acceptors (Lipinski definition) is 10. The number of nitriles is 1. The lowest BCUT2D eigenvalue weighted by Crippen LogP contribution is -2.27. The Kier molecular flexibility index (Phi) is 8.49. The maximum Gasteiger partial charge on any atom is 0.162 e. The number of furan rings is 1. The number of ether oxygens (including phenoxy) is 3. The van der Waals surface area contributed by atoms with Gasteiger partial charge in [0.1, 0.15) is 41.1 Å². The van der Waals surface area contributed by atoms with Crippen LogP contribution in [-0.4, -0.2) is 71.7 Å². The van der Waals surface area contributed by atoms with Crippen molar-refractivity contribution in [3.8, 4) is 40.1 Å². The molecule has 1 aromatic carbocycles. The van der Waals surface area contributed by atoms with Crippen molar-refractivity contribution in [2.24, 2.45) is 0 Å². The van der Waals surface area contributed by atoms with Crippen LogP contribution in [0, 0.1) is 11.3 Å². The summed E-state index contributed by atoms with van der Waals surface area (Å²) in [6.45, 7) is 1.48. The number of halogens is 1. The second-order valence-electron chi connectivity index (χ2n) is 9.46. The molecule has 10 nitrogen and oxygen atoms in total. The highest BCUT2D eigenvalue weighted by Crippen LogP contribution is 2.41. The quantitative estimate of drug-likeness (QED) is 0.278. The lowest BCUT2D eigenvalue weighted by atomic mass is 10.0. The van der Waals surface area contributed by atoms with E-state index in [0.717, 1.165) is 12.8 Å². The Labute approximate surface area is 236 Å². The first-order valence-corrected chi connectivity index (χ1v) is 13.2. The van der Waals surface area contributed by atoms with Crippen molar-refractivity contribution in [3.05, 3.63) is 58.9 Å². The van der Waals surface area contributed by atoms with Gasteiger partial charge in [0.05, 0.1) is 37.5 Å². The number of fused-ring (bicyclic) bond motifs is 1. The van der Waals surface area contributed by atoms with Crippen LogP contribution in [0.2, 0.25) is 5.02 Å². The molecular weight excluding hydrogens is 536 g/mol. The van der Waals surface area contributed by atoms with Crippen LogP contribution < -0.4 is 9.47 Å². The molecule has 1 aliphatic heterocycles. The number of likely N-dealkylation sites (N-methyl/N-ethyl adjacent to an activating group) is 1. The van der Waals surface area contributed by atoms with Crippen LogP contribution >= 0.6 is 11.6 Å². The van der Waals surface area contributed by atoms with Gasteiger partial charge in [-0.3, -0.25) is 9.88 Å². The minimum absolute atomic E-state index is 0.000565. The molecule has 5 rings (SSSR count). The van der Waals surface area contributed by atoms with Crippen molar-refractivity contribution in [1.82, 2.24) is 14.9 Å². The molecule has 0 bridgehead atoms. The number of pyridine rings is 2. The molecule has 1 atom stereocenters. The Morgan fingerprint density at radius 1 is 1.18 bits per heavy atom. The summed E-state index contributed by atoms with van der Waals surface area (Å²) in [4.78, 5) is 10.5. The number of aliphatic hydroxyl groups is 2. The summed E-state index contributed by atoms with van der Waals surface area (Å²) in [5.41, 5.74) is 3.55. The van der Waals surface area contributed by atoms with Gasteiger partial charge in [-0.1, -0.05) is 17.7 Å². The van der Waals surface area contributed by atoms with Crippen LogP contribution in [0.5, 0.6) is 11.5 Å². The molecule has 0 spiro atoms. The fourth-order valence-corrected chi connectivity index (χ4v) is 4.91. The summed E-state index contributed by atoms with van der Waals surface area (Å²) in [6, 6.07) is 11.0. The molecule has 0 saturated carbocycles. The second-order valence-corrected chi connectivity index (χ2v) is 9.86. The molecule has 40 heavy (non-hydrogen) atoms. The van der Waals surface area contributed by atoms with Crippen molar-refractivity contribution in [2.45, 2.75) is 25.2 Å². The van der Waals surface area contributed by atoms with E-state index in [1.807, 2.05) is 6.07 Å². The van der Waals surface area contributed by atoms with Gasteiger partial charge in [0, 0.05) is 49.0 Å². The number of hydrogen-bond donors (Lipinski definition) is 2. The number of rotatable bonds is 9. The van der Waals surface area contributed by atoms with Crippen LogP contribution in [0.25, 0.3) is 33.7 Å². The van der Waals surface area contributed by atoms with Gasteiger partial charge in [-0.2, -0.15) is 5.26 Å². The van der Waals surface area contributed by atoms with E-state index in [1.165, 1.54) is 19.5 Å². The number of aliphatic hydroxyl groups excluding tert-OH is 2. The van der Waals surface area contributed by atoms with Crippen molar-refractivity contribution in [3.63, 3.8) is 0 Å². The van der Waals surface area contributed by atoms with E-state index in [-0.39, 0.29) is 12.7 Å². The Morgan fingerprint density at radius 3 is 2.70 bits per heavy atom. The molecule has 2 N–H and O–H groups in total. The minimum atomic E-state index is -0.974. The van der Waals surface area contributed by atoms with E-state index in [9.17, 15) is 15.5 Å². The Bertz CT molecular complexity index is 1550. The largest absolute Gasteiger partial charge is 0.494 e. The molecule has 0 radical (unpaired) electrons. The molecular formula is C29H29ClN4O6. The Balaban J connectivity index is 1.51. The average Bonchev–Trinajstić information content (AvgIpc) is 3.41. The third-order valence-electron chi connectivity index (χ3n) is 6.84. The topological polar surface area (TPSA) is 134 Å². The number of nitrogens with zero attached hydrogens (tertiary/aromatic N) is 4. The van der Waals surface area contributed by atoms with E-state index in [4.69, 9.17) is 30.2 Å². The van der Waals surface area contributed by atoms with Crippen molar-refractivity contribution in [1.29, 1.82) is 5.26 Å². The van der Waals surface area contributed by atoms with E-state index >= 15 is 0 Å². The fraction of sp³-hybridized carbons (Fsp3) is 0.345. The first kappa shape index (κ1) is 27.8. The SMILES string of the molecule is COc1cc(C(O)N(C)CCO)cnc1-c1cc2ncc(Cl)c(-c3ccc(OC4CCOCC4)c(C#N)c3)c2o1. The first-order chi connectivity index (χ1) is 19.4. The minimum Gasteiger partial charge on any atom is -0.494 e. The van der Waals surface area contributed by atoms with E-state index in [1.54, 1.807) is 36.2 Å². The molecule has 1 saturated heterocycles. The predicted octanol–water partition coefficient (Wildman–Crippen LogP) is 4.56. The van der Waals surface area contributed by atoms with Gasteiger partial charge in [0.2, 0.25) is 0 Å². The number of aromatic nitrogens is 2. The molecule has 11 heteroatoms. The average molecular weight is 565 g/mol. The van der Waals surface area contributed by atoms with Crippen LogP contribution in [0.3, 0.4) is 0 Å². The van der Waals surface area contributed by atoms with Crippen molar-refractivity contribution in [2.75, 3.05) is 40.5 Å². The third kappa shape index (κ3) is 5.61. The summed E-state index contributed by atoms with van der Waals surface area (Å²) in [6.07, 6.45) is 3.64. The summed E-state index contributed by atoms with van der Waals surface area (Å²) in [7, 11) is 3.20. The highest BCUT2D eigenvalue weighted by Gasteiger charge is 2.23. The Hall–Kier alpha value is -3.72. The smallest absolute Gasteiger partial charge is 0.162 e. The van der Waals surface area contributed by atoms with Crippen molar-refractivity contribution >= 4 is 22.7 Å². The lowest BCUT2D eigenvalue weighted by Gasteiger charge is -2.24. The maximum absolute atomic E-state index is 10.6. The number of benzene rings is 1. The molecule has 0 aliphatic carbocycles. The van der Waals surface area contributed by atoms with E-state index in [0.29, 0.717) is 81.1 Å². The molecule has 0 amide bonds. The van der Waals surface area contributed by atoms with Gasteiger partial charge in [0.15, 0.2) is 11.3 Å². The maximum atomic E-state index is 10.6. The molecule has 208 valence electrons. The normalized spacial score (nSPS) is 14.8. The predicted molar refractivity (Wildman–Crippen MR) is 148 cm³/mol. The van der Waals surface area contributed by atoms with Crippen LogP contribution in [0.1, 0.15) is 30.2 Å². The molecule has 1 fully saturated rings. The van der Waals surface area contributed by atoms with Crippen LogP contribution in [-0.2, 0) is 4.74 Å². The zero-order chi connectivity index (χ0) is 28.2. The monoisotopic (exact) mass is 564 g/mol. The van der Waals surface area contributed by atoms with Gasteiger partial charge < -0.3 is 28.8 Å². The standard InChI is InChI=1S/C29H29ClN4O6/c1-34(7-8-35)29(36)19-12-24(37-2)27(33-15-19)25-13-22-28(40-25)26(21(30)16-32-22)17-3-4-23(18(11-17)14-31)39-20-5-9-38-10-6-20/h3-4,11-13,15-16,20,29,35-36H,5-10H2,1-2H3. The first-order valence-electron chi connectivity index (χ1n) is 12.8. The molecule has 1 unspecified atom stereocenters. The molecule has 4 heterocycles. The summed E-state index contributed by atoms with van der Waals surface area (Å²) in [5.74, 6) is 1.30. The third-order valence-corrected chi connectivity index (χ3v) is 7.13. The highest BCUT2D eigenvalue weighted by molar-refractivity contribution is 6.34. The van der Waals surface area contributed by atoms with Crippen LogP contribution in [0.4, 0.5) is 0 Å². The second kappa shape index (κ2) is 12.2. The van der Waals surface area contributed by atoms with Gasteiger partial charge in [-0.15, -0.1) is 0 Å². The zero-order valence-corrected chi connectivity index (χ0v) is 22.9. The van der Waals surface area contributed by atoms with Crippen LogP contribution in [0.15, 0.2) is 47.1 Å². The van der Waals surface area contributed by atoms with Gasteiger partial charge >= 0.3 is 0 Å². The van der Waals surface area contributed by atoms with E-state index in [2.05, 4.69) is 16.0 Å². The highest BCUT2D eigenvalue weighted by atomic mass is 35.5. The molecule has 1 aliphatic rings. The summed E-state index contributed by atoms with van der Waals surface area (Å²) >= 11 is 6.61.